The van der Waals surface area contributed by atoms with Gasteiger partial charge in [-0.2, -0.15) is 0 Å². The molecule has 8 heteroatoms. The molecule has 7 nitrogen and oxygen atoms in total. The molecule has 1 fully saturated rings. The smallest absolute Gasteiger partial charge is 0.257 e. The molecule has 28 heavy (non-hydrogen) atoms. The molecule has 2 aromatic rings. The van der Waals surface area contributed by atoms with Crippen molar-refractivity contribution >= 4 is 35.6 Å². The van der Waals surface area contributed by atoms with E-state index in [1.54, 1.807) is 55.6 Å². The molecule has 1 aliphatic heterocycles. The highest BCUT2D eigenvalue weighted by Gasteiger charge is 2.30. The summed E-state index contributed by atoms with van der Waals surface area (Å²) in [7, 11) is 1.56. The van der Waals surface area contributed by atoms with Gasteiger partial charge in [-0.15, -0.1) is 12.4 Å². The standard InChI is InChI=1S/C20H23N3O4.ClH/c1-26-14-6-4-5-13(11-14)22-19(24)16-7-2-3-8-17(16)23-20(25)18-10-9-15(12-21)27-18;/h2-8,11,15,18H,9-10,12,21H2,1H3,(H,22,24)(H,23,25);1H/t15-,18+;/m1./s1. The number of anilines is 2. The Morgan fingerprint density at radius 3 is 2.64 bits per heavy atom. The van der Waals surface area contributed by atoms with Gasteiger partial charge in [-0.3, -0.25) is 9.59 Å². The maximum Gasteiger partial charge on any atom is 0.257 e. The maximum absolute atomic E-state index is 12.7. The normalized spacial score (nSPS) is 18.1. The maximum atomic E-state index is 12.7. The van der Waals surface area contributed by atoms with E-state index in [9.17, 15) is 9.59 Å². The van der Waals surface area contributed by atoms with Crippen LogP contribution in [-0.2, 0) is 9.53 Å². The second-order valence-corrected chi connectivity index (χ2v) is 6.28. The predicted molar refractivity (Wildman–Crippen MR) is 110 cm³/mol. The molecule has 0 bridgehead atoms. The number of hydrogen-bond donors (Lipinski definition) is 3. The highest BCUT2D eigenvalue weighted by molar-refractivity contribution is 6.10. The summed E-state index contributed by atoms with van der Waals surface area (Å²) < 4.78 is 10.8. The number of rotatable bonds is 6. The van der Waals surface area contributed by atoms with Crippen LogP contribution in [0.1, 0.15) is 23.2 Å². The second-order valence-electron chi connectivity index (χ2n) is 6.28. The van der Waals surface area contributed by atoms with Gasteiger partial charge >= 0.3 is 0 Å². The lowest BCUT2D eigenvalue weighted by atomic mass is 10.1. The number of para-hydroxylation sites is 1. The SMILES string of the molecule is COc1cccc(NC(=O)c2ccccc2NC(=O)[C@@H]2CC[C@H](CN)O2)c1.Cl. The van der Waals surface area contributed by atoms with E-state index < -0.39 is 6.10 Å². The molecule has 0 aliphatic carbocycles. The van der Waals surface area contributed by atoms with Crippen molar-refractivity contribution in [2.24, 2.45) is 5.73 Å². The van der Waals surface area contributed by atoms with Gasteiger partial charge < -0.3 is 25.8 Å². The predicted octanol–water partition coefficient (Wildman–Crippen LogP) is 2.81. The number of hydrogen-bond acceptors (Lipinski definition) is 5. The van der Waals surface area contributed by atoms with Crippen LogP contribution >= 0.6 is 12.4 Å². The van der Waals surface area contributed by atoms with Crippen LogP contribution in [0.5, 0.6) is 5.75 Å². The van der Waals surface area contributed by atoms with Crippen LogP contribution in [-0.4, -0.2) is 37.7 Å². The molecule has 0 unspecified atom stereocenters. The molecule has 3 rings (SSSR count). The van der Waals surface area contributed by atoms with E-state index in [1.165, 1.54) is 0 Å². The molecule has 0 spiro atoms. The average molecular weight is 406 g/mol. The van der Waals surface area contributed by atoms with Gasteiger partial charge in [-0.05, 0) is 37.1 Å². The molecule has 4 N–H and O–H groups in total. The van der Waals surface area contributed by atoms with Crippen molar-refractivity contribution in [3.8, 4) is 5.75 Å². The van der Waals surface area contributed by atoms with E-state index in [2.05, 4.69) is 10.6 Å². The van der Waals surface area contributed by atoms with Crippen molar-refractivity contribution in [2.45, 2.75) is 25.0 Å². The molecule has 0 aromatic heterocycles. The lowest BCUT2D eigenvalue weighted by molar-refractivity contribution is -0.126. The van der Waals surface area contributed by atoms with Crippen LogP contribution in [0.2, 0.25) is 0 Å². The fourth-order valence-corrected chi connectivity index (χ4v) is 2.97. The van der Waals surface area contributed by atoms with E-state index >= 15 is 0 Å². The van der Waals surface area contributed by atoms with Crippen molar-refractivity contribution < 1.29 is 19.1 Å². The summed E-state index contributed by atoms with van der Waals surface area (Å²) in [5, 5.41) is 5.61. The number of methoxy groups -OCH3 is 1. The zero-order valence-corrected chi connectivity index (χ0v) is 16.3. The first-order chi connectivity index (χ1) is 13.1. The Hall–Kier alpha value is -2.61. The Morgan fingerprint density at radius 1 is 1.14 bits per heavy atom. The third-order valence-electron chi connectivity index (χ3n) is 4.42. The lowest BCUT2D eigenvalue weighted by Crippen LogP contribution is -2.30. The highest BCUT2D eigenvalue weighted by Crippen LogP contribution is 2.23. The molecule has 2 aromatic carbocycles. The fraction of sp³-hybridized carbons (Fsp3) is 0.300. The molecule has 2 amide bonds. The summed E-state index contributed by atoms with van der Waals surface area (Å²) in [5.74, 6) is 0.0427. The molecule has 0 saturated carbocycles. The third-order valence-corrected chi connectivity index (χ3v) is 4.42. The summed E-state index contributed by atoms with van der Waals surface area (Å²) >= 11 is 0. The van der Waals surface area contributed by atoms with Gasteiger partial charge in [-0.1, -0.05) is 18.2 Å². The Morgan fingerprint density at radius 2 is 1.93 bits per heavy atom. The Labute approximate surface area is 170 Å². The Kier molecular flexibility index (Phi) is 7.80. The quantitative estimate of drug-likeness (QED) is 0.685. The van der Waals surface area contributed by atoms with Gasteiger partial charge in [0.2, 0.25) is 0 Å². The highest BCUT2D eigenvalue weighted by atomic mass is 35.5. The first-order valence-electron chi connectivity index (χ1n) is 8.81. The summed E-state index contributed by atoms with van der Waals surface area (Å²) in [6.45, 7) is 0.392. The minimum Gasteiger partial charge on any atom is -0.497 e. The number of amides is 2. The molecular weight excluding hydrogens is 382 g/mol. The van der Waals surface area contributed by atoms with Crippen LogP contribution in [0.4, 0.5) is 11.4 Å². The summed E-state index contributed by atoms with van der Waals surface area (Å²) in [6, 6.07) is 13.9. The van der Waals surface area contributed by atoms with E-state index in [-0.39, 0.29) is 30.3 Å². The molecule has 0 radical (unpaired) electrons. The van der Waals surface area contributed by atoms with Gasteiger partial charge in [0.05, 0.1) is 24.5 Å². The summed E-state index contributed by atoms with van der Waals surface area (Å²) in [5.41, 5.74) is 6.99. The number of halogens is 1. The average Bonchev–Trinajstić information content (AvgIpc) is 3.18. The molecule has 150 valence electrons. The third kappa shape index (κ3) is 5.22. The number of carbonyl (C=O) groups is 2. The van der Waals surface area contributed by atoms with Crippen LogP contribution in [0.25, 0.3) is 0 Å². The molecule has 1 aliphatic rings. The number of nitrogens with two attached hydrogens (primary N) is 1. The van der Waals surface area contributed by atoms with Crippen LogP contribution < -0.4 is 21.1 Å². The van der Waals surface area contributed by atoms with E-state index in [0.717, 1.165) is 6.42 Å². The van der Waals surface area contributed by atoms with Crippen molar-refractivity contribution in [2.75, 3.05) is 24.3 Å². The van der Waals surface area contributed by atoms with E-state index in [4.69, 9.17) is 15.2 Å². The van der Waals surface area contributed by atoms with Gasteiger partial charge in [0, 0.05) is 18.3 Å². The molecule has 1 heterocycles. The molecule has 1 saturated heterocycles. The van der Waals surface area contributed by atoms with Gasteiger partial charge in [0.15, 0.2) is 0 Å². The number of benzene rings is 2. The Bertz CT molecular complexity index is 831. The molecule has 2 atom stereocenters. The van der Waals surface area contributed by atoms with Gasteiger partial charge in [-0.25, -0.2) is 0 Å². The fourth-order valence-electron chi connectivity index (χ4n) is 2.97. The van der Waals surface area contributed by atoms with Crippen LogP contribution in [0, 0.1) is 0 Å². The van der Waals surface area contributed by atoms with Gasteiger partial charge in [0.1, 0.15) is 11.9 Å². The zero-order valence-electron chi connectivity index (χ0n) is 15.5. The zero-order chi connectivity index (χ0) is 19.2. The first-order valence-corrected chi connectivity index (χ1v) is 8.81. The number of nitrogens with one attached hydrogen (secondary N) is 2. The topological polar surface area (TPSA) is 103 Å². The van der Waals surface area contributed by atoms with Crippen molar-refractivity contribution in [3.63, 3.8) is 0 Å². The molecular formula is C20H24ClN3O4. The monoisotopic (exact) mass is 405 g/mol. The van der Waals surface area contributed by atoms with Crippen molar-refractivity contribution in [3.05, 3.63) is 54.1 Å². The lowest BCUT2D eigenvalue weighted by Gasteiger charge is -2.15. The second kappa shape index (κ2) is 10.1. The summed E-state index contributed by atoms with van der Waals surface area (Å²) in [4.78, 5) is 25.2. The van der Waals surface area contributed by atoms with Crippen LogP contribution in [0.15, 0.2) is 48.5 Å². The first kappa shape index (κ1) is 21.7. The largest absolute Gasteiger partial charge is 0.497 e. The number of carbonyl (C=O) groups excluding carboxylic acids is 2. The van der Waals surface area contributed by atoms with Crippen molar-refractivity contribution in [1.82, 2.24) is 0 Å². The Balaban J connectivity index is 0.00000280. The minimum atomic E-state index is -0.548. The van der Waals surface area contributed by atoms with Crippen LogP contribution in [0.3, 0.4) is 0 Å². The van der Waals surface area contributed by atoms with Gasteiger partial charge in [0.25, 0.3) is 11.8 Å². The van der Waals surface area contributed by atoms with E-state index in [1.807, 2.05) is 0 Å². The van der Waals surface area contributed by atoms with E-state index in [0.29, 0.717) is 35.7 Å². The summed E-state index contributed by atoms with van der Waals surface area (Å²) in [6.07, 6.45) is 0.735. The van der Waals surface area contributed by atoms with Crippen molar-refractivity contribution in [1.29, 1.82) is 0 Å². The minimum absolute atomic E-state index is 0. The number of ether oxygens (including phenoxy) is 2.